The van der Waals surface area contributed by atoms with Crippen molar-refractivity contribution in [1.82, 2.24) is 26.2 Å². The highest BCUT2D eigenvalue weighted by molar-refractivity contribution is 5.99. The zero-order valence-electron chi connectivity index (χ0n) is 23.6. The van der Waals surface area contributed by atoms with Gasteiger partial charge in [0.1, 0.15) is 6.04 Å². The first kappa shape index (κ1) is 32.1. The van der Waals surface area contributed by atoms with Gasteiger partial charge in [-0.1, -0.05) is 47.6 Å². The summed E-state index contributed by atoms with van der Waals surface area (Å²) in [7, 11) is 0. The molecule has 0 aliphatic carbocycles. The summed E-state index contributed by atoms with van der Waals surface area (Å²) in [4.78, 5) is 52.4. The number of rotatable bonds is 16. The minimum Gasteiger partial charge on any atom is -0.354 e. The number of nitrogens with zero attached hydrogens (tertiary/aromatic N) is 1. The molecule has 9 heteroatoms. The van der Waals surface area contributed by atoms with Crippen LogP contribution in [0.15, 0.2) is 24.3 Å². The van der Waals surface area contributed by atoms with Crippen LogP contribution >= 0.6 is 0 Å². The summed E-state index contributed by atoms with van der Waals surface area (Å²) in [5, 5.41) is 11.6. The number of hydrogen-bond acceptors (Lipinski definition) is 5. The third-order valence-corrected chi connectivity index (χ3v) is 5.83. The summed E-state index contributed by atoms with van der Waals surface area (Å²) in [6, 6.07) is 5.58. The Labute approximate surface area is 222 Å². The zero-order valence-corrected chi connectivity index (χ0v) is 23.6. The molecule has 1 aromatic rings. The van der Waals surface area contributed by atoms with E-state index in [1.807, 2.05) is 46.4 Å². The van der Waals surface area contributed by atoms with Crippen molar-refractivity contribution >= 4 is 23.6 Å². The second kappa shape index (κ2) is 16.7. The molecule has 2 atom stereocenters. The van der Waals surface area contributed by atoms with Crippen LogP contribution in [0.3, 0.4) is 0 Å². The van der Waals surface area contributed by atoms with E-state index in [1.165, 1.54) is 0 Å². The standard InChI is InChI=1S/C28H47N5O4/c1-8-15-33(16-9-2)28(37)23-12-10-11-22(17-23)26(35)30-14-13-29-21(7)25(34)32-24(20(5)6)27(36)31-18-19(3)4/h10-12,17,19-21,24,29H,8-9,13-16,18H2,1-7H3,(H,30,35)(H,31,36)(H,32,34). The van der Waals surface area contributed by atoms with Gasteiger partial charge in [0, 0.05) is 43.9 Å². The van der Waals surface area contributed by atoms with Crippen LogP contribution in [0.4, 0.5) is 0 Å². The largest absolute Gasteiger partial charge is 0.354 e. The second-order valence-corrected chi connectivity index (χ2v) is 10.2. The van der Waals surface area contributed by atoms with E-state index >= 15 is 0 Å². The van der Waals surface area contributed by atoms with Crippen LogP contribution in [0.2, 0.25) is 0 Å². The van der Waals surface area contributed by atoms with E-state index in [-0.39, 0.29) is 29.5 Å². The maximum absolute atomic E-state index is 12.8. The van der Waals surface area contributed by atoms with Crippen LogP contribution in [-0.4, -0.2) is 73.3 Å². The topological polar surface area (TPSA) is 120 Å². The molecule has 0 radical (unpaired) electrons. The number of amides is 4. The molecule has 0 bridgehead atoms. The van der Waals surface area contributed by atoms with Gasteiger partial charge in [-0.3, -0.25) is 19.2 Å². The molecule has 0 spiro atoms. The van der Waals surface area contributed by atoms with Crippen molar-refractivity contribution in [1.29, 1.82) is 0 Å². The molecule has 0 aliphatic heterocycles. The molecule has 2 unspecified atom stereocenters. The first-order valence-electron chi connectivity index (χ1n) is 13.5. The fourth-order valence-electron chi connectivity index (χ4n) is 3.72. The van der Waals surface area contributed by atoms with Gasteiger partial charge in [-0.05, 0) is 49.8 Å². The van der Waals surface area contributed by atoms with Gasteiger partial charge in [0.25, 0.3) is 11.8 Å². The molecule has 1 aromatic carbocycles. The predicted molar refractivity (Wildman–Crippen MR) is 147 cm³/mol. The van der Waals surface area contributed by atoms with Crippen LogP contribution < -0.4 is 21.3 Å². The van der Waals surface area contributed by atoms with Crippen molar-refractivity contribution in [2.45, 2.75) is 73.4 Å². The first-order valence-corrected chi connectivity index (χ1v) is 13.5. The summed E-state index contributed by atoms with van der Waals surface area (Å²) in [6.45, 7) is 16.2. The number of benzene rings is 1. The summed E-state index contributed by atoms with van der Waals surface area (Å²) < 4.78 is 0. The number of carbonyl (C=O) groups is 4. The minimum absolute atomic E-state index is 0.0544. The van der Waals surface area contributed by atoms with E-state index < -0.39 is 12.1 Å². The Bertz CT molecular complexity index is 881. The van der Waals surface area contributed by atoms with E-state index in [0.29, 0.717) is 49.8 Å². The molecular formula is C28H47N5O4. The van der Waals surface area contributed by atoms with Crippen LogP contribution in [0.1, 0.15) is 82.0 Å². The van der Waals surface area contributed by atoms with Crippen molar-refractivity contribution in [2.24, 2.45) is 11.8 Å². The molecule has 0 heterocycles. The Hall–Kier alpha value is -2.94. The lowest BCUT2D eigenvalue weighted by Crippen LogP contribution is -2.54. The van der Waals surface area contributed by atoms with E-state index in [0.717, 1.165) is 12.8 Å². The zero-order chi connectivity index (χ0) is 28.0. The van der Waals surface area contributed by atoms with E-state index in [1.54, 1.807) is 31.2 Å². The third-order valence-electron chi connectivity index (χ3n) is 5.83. The Morgan fingerprint density at radius 1 is 0.838 bits per heavy atom. The van der Waals surface area contributed by atoms with Gasteiger partial charge in [-0.15, -0.1) is 0 Å². The lowest BCUT2D eigenvalue weighted by Gasteiger charge is -2.24. The van der Waals surface area contributed by atoms with Gasteiger partial charge in [0.2, 0.25) is 11.8 Å². The molecule has 4 amide bonds. The van der Waals surface area contributed by atoms with Gasteiger partial charge >= 0.3 is 0 Å². The monoisotopic (exact) mass is 517 g/mol. The van der Waals surface area contributed by atoms with Crippen molar-refractivity contribution in [3.05, 3.63) is 35.4 Å². The molecule has 208 valence electrons. The third kappa shape index (κ3) is 11.3. The van der Waals surface area contributed by atoms with Crippen LogP contribution in [0.25, 0.3) is 0 Å². The van der Waals surface area contributed by atoms with E-state index in [9.17, 15) is 19.2 Å². The fraction of sp³-hybridized carbons (Fsp3) is 0.643. The predicted octanol–water partition coefficient (Wildman–Crippen LogP) is 2.57. The Kier molecular flexibility index (Phi) is 14.5. The highest BCUT2D eigenvalue weighted by Gasteiger charge is 2.26. The first-order chi connectivity index (χ1) is 17.5. The Balaban J connectivity index is 2.58. The smallest absolute Gasteiger partial charge is 0.253 e. The van der Waals surface area contributed by atoms with E-state index in [2.05, 4.69) is 21.3 Å². The molecule has 1 rings (SSSR count). The van der Waals surface area contributed by atoms with Gasteiger partial charge in [-0.2, -0.15) is 0 Å². The maximum Gasteiger partial charge on any atom is 0.253 e. The van der Waals surface area contributed by atoms with Crippen molar-refractivity contribution in [3.8, 4) is 0 Å². The molecule has 9 nitrogen and oxygen atoms in total. The molecule has 37 heavy (non-hydrogen) atoms. The van der Waals surface area contributed by atoms with Crippen molar-refractivity contribution in [2.75, 3.05) is 32.7 Å². The number of nitrogens with one attached hydrogen (secondary N) is 4. The Morgan fingerprint density at radius 2 is 1.46 bits per heavy atom. The summed E-state index contributed by atoms with van der Waals surface area (Å²) in [5.74, 6) is -0.557. The molecule has 0 fully saturated rings. The van der Waals surface area contributed by atoms with Crippen molar-refractivity contribution < 1.29 is 19.2 Å². The average Bonchev–Trinajstić information content (AvgIpc) is 2.87. The number of hydrogen-bond donors (Lipinski definition) is 4. The fourth-order valence-corrected chi connectivity index (χ4v) is 3.72. The summed E-state index contributed by atoms with van der Waals surface area (Å²) in [5.41, 5.74) is 0.909. The quantitative estimate of drug-likeness (QED) is 0.251. The summed E-state index contributed by atoms with van der Waals surface area (Å²) >= 11 is 0. The average molecular weight is 518 g/mol. The highest BCUT2D eigenvalue weighted by Crippen LogP contribution is 2.10. The molecule has 0 aliphatic rings. The number of carbonyl (C=O) groups excluding carboxylic acids is 4. The van der Waals surface area contributed by atoms with Gasteiger partial charge in [0.15, 0.2) is 0 Å². The van der Waals surface area contributed by atoms with Gasteiger partial charge in [-0.25, -0.2) is 0 Å². The van der Waals surface area contributed by atoms with Crippen LogP contribution in [-0.2, 0) is 9.59 Å². The molecule has 0 saturated heterocycles. The molecule has 0 saturated carbocycles. The molecular weight excluding hydrogens is 470 g/mol. The van der Waals surface area contributed by atoms with Gasteiger partial charge in [0.05, 0.1) is 6.04 Å². The Morgan fingerprint density at radius 3 is 2.03 bits per heavy atom. The highest BCUT2D eigenvalue weighted by atomic mass is 16.2. The minimum atomic E-state index is -0.615. The molecule has 0 aromatic heterocycles. The SMILES string of the molecule is CCCN(CCC)C(=O)c1cccc(C(=O)NCCNC(C)C(=O)NC(C(=O)NCC(C)C)C(C)C)c1. The lowest BCUT2D eigenvalue weighted by molar-refractivity contribution is -0.130. The maximum atomic E-state index is 12.8. The molecule has 4 N–H and O–H groups in total. The van der Waals surface area contributed by atoms with Gasteiger partial charge < -0.3 is 26.2 Å². The van der Waals surface area contributed by atoms with Crippen LogP contribution in [0.5, 0.6) is 0 Å². The summed E-state index contributed by atoms with van der Waals surface area (Å²) in [6.07, 6.45) is 1.75. The van der Waals surface area contributed by atoms with Crippen LogP contribution in [0, 0.1) is 11.8 Å². The normalized spacial score (nSPS) is 12.7. The second-order valence-electron chi connectivity index (χ2n) is 10.2. The van der Waals surface area contributed by atoms with E-state index in [4.69, 9.17) is 0 Å². The lowest BCUT2D eigenvalue weighted by atomic mass is 10.0. The van der Waals surface area contributed by atoms with Crippen molar-refractivity contribution in [3.63, 3.8) is 0 Å².